The molecule has 2 heteroatoms. The third-order valence-electron chi connectivity index (χ3n) is 2.85. The van der Waals surface area contributed by atoms with Gasteiger partial charge in [-0.05, 0) is 29.7 Å². The summed E-state index contributed by atoms with van der Waals surface area (Å²) in [4.78, 5) is 11.7. The third kappa shape index (κ3) is 3.47. The number of thioether (sulfide) groups is 1. The van der Waals surface area contributed by atoms with Crippen molar-refractivity contribution in [3.05, 3.63) is 65.2 Å². The van der Waals surface area contributed by atoms with Gasteiger partial charge in [-0.2, -0.15) is 0 Å². The standard InChI is InChI=1S/C16H16OS/c1-2-13-3-5-15(6-4-13)12-18-16-9-7-14(11-17)8-10-16/h3-11H,2,12H2,1H3. The van der Waals surface area contributed by atoms with Crippen LogP contribution in [-0.2, 0) is 12.2 Å². The van der Waals surface area contributed by atoms with Crippen molar-refractivity contribution in [2.24, 2.45) is 0 Å². The summed E-state index contributed by atoms with van der Waals surface area (Å²) in [5.41, 5.74) is 3.43. The molecule has 0 aliphatic heterocycles. The zero-order valence-electron chi connectivity index (χ0n) is 10.4. The van der Waals surface area contributed by atoms with E-state index in [1.165, 1.54) is 16.0 Å². The number of benzene rings is 2. The van der Waals surface area contributed by atoms with Gasteiger partial charge in [-0.25, -0.2) is 0 Å². The topological polar surface area (TPSA) is 17.1 Å². The highest BCUT2D eigenvalue weighted by Crippen LogP contribution is 2.23. The van der Waals surface area contributed by atoms with Crippen molar-refractivity contribution >= 4 is 18.0 Å². The summed E-state index contributed by atoms with van der Waals surface area (Å²) in [7, 11) is 0. The summed E-state index contributed by atoms with van der Waals surface area (Å²) in [6.45, 7) is 2.17. The van der Waals surface area contributed by atoms with Crippen LogP contribution in [0.15, 0.2) is 53.4 Å². The molecule has 0 bridgehead atoms. The van der Waals surface area contributed by atoms with E-state index < -0.39 is 0 Å². The normalized spacial score (nSPS) is 10.3. The van der Waals surface area contributed by atoms with E-state index in [0.29, 0.717) is 0 Å². The largest absolute Gasteiger partial charge is 0.298 e. The maximum absolute atomic E-state index is 10.6. The molecule has 1 nitrogen and oxygen atoms in total. The van der Waals surface area contributed by atoms with Gasteiger partial charge in [0.2, 0.25) is 0 Å². The van der Waals surface area contributed by atoms with E-state index in [4.69, 9.17) is 0 Å². The quantitative estimate of drug-likeness (QED) is 0.584. The number of carbonyl (C=O) groups is 1. The molecule has 0 atom stereocenters. The van der Waals surface area contributed by atoms with E-state index in [-0.39, 0.29) is 0 Å². The first-order chi connectivity index (χ1) is 8.81. The van der Waals surface area contributed by atoms with Gasteiger partial charge in [0.05, 0.1) is 0 Å². The highest BCUT2D eigenvalue weighted by Gasteiger charge is 1.97. The fourth-order valence-corrected chi connectivity index (χ4v) is 2.53. The Morgan fingerprint density at radius 1 is 0.944 bits per heavy atom. The molecule has 0 unspecified atom stereocenters. The van der Waals surface area contributed by atoms with Gasteiger partial charge in [-0.1, -0.05) is 43.3 Å². The Morgan fingerprint density at radius 3 is 2.11 bits per heavy atom. The summed E-state index contributed by atoms with van der Waals surface area (Å²) in [6.07, 6.45) is 1.96. The lowest BCUT2D eigenvalue weighted by molar-refractivity contribution is 0.112. The molecule has 92 valence electrons. The average Bonchev–Trinajstić information content (AvgIpc) is 2.46. The summed E-state index contributed by atoms with van der Waals surface area (Å²) in [5, 5.41) is 0. The number of rotatable bonds is 5. The summed E-state index contributed by atoms with van der Waals surface area (Å²) >= 11 is 1.79. The minimum Gasteiger partial charge on any atom is -0.298 e. The first-order valence-electron chi connectivity index (χ1n) is 6.07. The Bertz CT molecular complexity index is 500. The van der Waals surface area contributed by atoms with Gasteiger partial charge < -0.3 is 0 Å². The fraction of sp³-hybridized carbons (Fsp3) is 0.188. The minimum absolute atomic E-state index is 0.728. The van der Waals surface area contributed by atoms with Crippen LogP contribution in [0.5, 0.6) is 0 Å². The van der Waals surface area contributed by atoms with Crippen LogP contribution >= 0.6 is 11.8 Å². The van der Waals surface area contributed by atoms with Gasteiger partial charge in [0.15, 0.2) is 0 Å². The molecule has 0 aliphatic carbocycles. The zero-order valence-corrected chi connectivity index (χ0v) is 11.2. The number of hydrogen-bond acceptors (Lipinski definition) is 2. The van der Waals surface area contributed by atoms with E-state index in [0.717, 1.165) is 24.0 Å². The van der Waals surface area contributed by atoms with Crippen LogP contribution in [0.2, 0.25) is 0 Å². The van der Waals surface area contributed by atoms with Gasteiger partial charge >= 0.3 is 0 Å². The molecule has 0 saturated heterocycles. The SMILES string of the molecule is CCc1ccc(CSc2ccc(C=O)cc2)cc1. The smallest absolute Gasteiger partial charge is 0.150 e. The Hall–Kier alpha value is -1.54. The molecule has 0 amide bonds. The van der Waals surface area contributed by atoms with Crippen LogP contribution in [0.3, 0.4) is 0 Å². The second kappa shape index (κ2) is 6.41. The van der Waals surface area contributed by atoms with Crippen molar-refractivity contribution < 1.29 is 4.79 Å². The predicted molar refractivity (Wildman–Crippen MR) is 77.2 cm³/mol. The van der Waals surface area contributed by atoms with Gasteiger partial charge in [-0.15, -0.1) is 11.8 Å². The summed E-state index contributed by atoms with van der Waals surface area (Å²) < 4.78 is 0. The van der Waals surface area contributed by atoms with Crippen LogP contribution < -0.4 is 0 Å². The Morgan fingerprint density at radius 2 is 1.56 bits per heavy atom. The fourth-order valence-electron chi connectivity index (χ4n) is 1.68. The molecule has 0 heterocycles. The van der Waals surface area contributed by atoms with Crippen LogP contribution in [0.1, 0.15) is 28.4 Å². The van der Waals surface area contributed by atoms with Gasteiger partial charge in [0, 0.05) is 16.2 Å². The minimum atomic E-state index is 0.728. The molecule has 0 aliphatic rings. The lowest BCUT2D eigenvalue weighted by Gasteiger charge is -2.03. The van der Waals surface area contributed by atoms with Crippen LogP contribution in [0.25, 0.3) is 0 Å². The van der Waals surface area contributed by atoms with Crippen molar-refractivity contribution in [2.75, 3.05) is 0 Å². The zero-order chi connectivity index (χ0) is 12.8. The van der Waals surface area contributed by atoms with E-state index in [9.17, 15) is 4.79 Å². The van der Waals surface area contributed by atoms with Gasteiger partial charge in [0.25, 0.3) is 0 Å². The number of aldehydes is 1. The van der Waals surface area contributed by atoms with Crippen molar-refractivity contribution in [3.63, 3.8) is 0 Å². The maximum Gasteiger partial charge on any atom is 0.150 e. The number of aryl methyl sites for hydroxylation is 1. The van der Waals surface area contributed by atoms with E-state index in [2.05, 4.69) is 31.2 Å². The van der Waals surface area contributed by atoms with Crippen LogP contribution in [-0.4, -0.2) is 6.29 Å². The Labute approximate surface area is 112 Å². The van der Waals surface area contributed by atoms with Gasteiger partial charge in [-0.3, -0.25) is 4.79 Å². The van der Waals surface area contributed by atoms with Crippen LogP contribution in [0, 0.1) is 0 Å². The molecule has 2 aromatic rings. The molecular weight excluding hydrogens is 240 g/mol. The molecular formula is C16H16OS. The Balaban J connectivity index is 1.95. The molecule has 0 spiro atoms. The van der Waals surface area contributed by atoms with Crippen molar-refractivity contribution in [1.82, 2.24) is 0 Å². The third-order valence-corrected chi connectivity index (χ3v) is 3.94. The average molecular weight is 256 g/mol. The molecule has 2 rings (SSSR count). The highest BCUT2D eigenvalue weighted by molar-refractivity contribution is 7.98. The first kappa shape index (κ1) is 12.9. The molecule has 18 heavy (non-hydrogen) atoms. The first-order valence-corrected chi connectivity index (χ1v) is 7.06. The second-order valence-electron chi connectivity index (χ2n) is 4.15. The molecule has 0 N–H and O–H groups in total. The van der Waals surface area contributed by atoms with E-state index >= 15 is 0 Å². The van der Waals surface area contributed by atoms with Gasteiger partial charge in [0.1, 0.15) is 6.29 Å². The van der Waals surface area contributed by atoms with Crippen LogP contribution in [0.4, 0.5) is 0 Å². The molecule has 0 aromatic heterocycles. The molecule has 0 radical (unpaired) electrons. The lowest BCUT2D eigenvalue weighted by Crippen LogP contribution is -1.84. The molecule has 2 aromatic carbocycles. The Kier molecular flexibility index (Phi) is 4.59. The maximum atomic E-state index is 10.6. The van der Waals surface area contributed by atoms with Crippen molar-refractivity contribution in [2.45, 2.75) is 24.0 Å². The number of hydrogen-bond donors (Lipinski definition) is 0. The summed E-state index contributed by atoms with van der Waals surface area (Å²) in [5.74, 6) is 0.963. The molecule has 0 fully saturated rings. The lowest BCUT2D eigenvalue weighted by atomic mass is 10.1. The van der Waals surface area contributed by atoms with E-state index in [1.54, 1.807) is 11.8 Å². The van der Waals surface area contributed by atoms with E-state index in [1.807, 2.05) is 24.3 Å². The summed E-state index contributed by atoms with van der Waals surface area (Å²) in [6, 6.07) is 16.4. The number of carbonyl (C=O) groups excluding carboxylic acids is 1. The van der Waals surface area contributed by atoms with Crippen molar-refractivity contribution in [1.29, 1.82) is 0 Å². The highest BCUT2D eigenvalue weighted by atomic mass is 32.2. The molecule has 0 saturated carbocycles. The monoisotopic (exact) mass is 256 g/mol. The van der Waals surface area contributed by atoms with Crippen molar-refractivity contribution in [3.8, 4) is 0 Å². The second-order valence-corrected chi connectivity index (χ2v) is 5.19. The predicted octanol–water partition coefficient (Wildman–Crippen LogP) is 4.35.